The first-order chi connectivity index (χ1) is 10.1. The lowest BCUT2D eigenvalue weighted by molar-refractivity contribution is -0.148. The number of ether oxygens (including phenoxy) is 1. The number of benzene rings is 1. The Morgan fingerprint density at radius 3 is 2.86 bits per heavy atom. The van der Waals surface area contributed by atoms with Crippen LogP contribution in [-0.2, 0) is 16.1 Å². The number of hydrogen-bond acceptors (Lipinski definition) is 3. The van der Waals surface area contributed by atoms with Crippen LogP contribution in [0.5, 0.6) is 5.75 Å². The molecule has 0 saturated carbocycles. The molecule has 21 heavy (non-hydrogen) atoms. The van der Waals surface area contributed by atoms with Gasteiger partial charge in [-0.1, -0.05) is 32.4 Å². The van der Waals surface area contributed by atoms with Crippen molar-refractivity contribution in [3.63, 3.8) is 0 Å². The monoisotopic (exact) mass is 290 g/mol. The second-order valence-corrected chi connectivity index (χ2v) is 5.42. The first kappa shape index (κ1) is 15.4. The van der Waals surface area contributed by atoms with E-state index in [2.05, 4.69) is 5.32 Å². The molecule has 1 aliphatic heterocycles. The lowest BCUT2D eigenvalue weighted by Gasteiger charge is -2.38. The average molecular weight is 290 g/mol. The third-order valence-electron chi connectivity index (χ3n) is 4.01. The normalized spacial score (nSPS) is 20.1. The summed E-state index contributed by atoms with van der Waals surface area (Å²) in [4.78, 5) is 26.0. The van der Waals surface area contributed by atoms with E-state index in [4.69, 9.17) is 4.74 Å². The van der Waals surface area contributed by atoms with Gasteiger partial charge in [0.05, 0.1) is 13.7 Å². The average Bonchev–Trinajstić information content (AvgIpc) is 2.50. The van der Waals surface area contributed by atoms with Crippen molar-refractivity contribution in [1.29, 1.82) is 0 Å². The minimum atomic E-state index is -0.401. The second-order valence-electron chi connectivity index (χ2n) is 5.42. The smallest absolute Gasteiger partial charge is 0.243 e. The van der Waals surface area contributed by atoms with Crippen LogP contribution in [0.4, 0.5) is 0 Å². The molecule has 5 heteroatoms. The predicted molar refractivity (Wildman–Crippen MR) is 79.8 cm³/mol. The van der Waals surface area contributed by atoms with Crippen molar-refractivity contribution in [2.75, 3.05) is 13.7 Å². The molecule has 1 aliphatic rings. The van der Waals surface area contributed by atoms with Gasteiger partial charge < -0.3 is 15.0 Å². The molecular weight excluding hydrogens is 268 g/mol. The molecule has 1 aromatic carbocycles. The van der Waals surface area contributed by atoms with Gasteiger partial charge >= 0.3 is 0 Å². The van der Waals surface area contributed by atoms with Gasteiger partial charge in [0.1, 0.15) is 11.8 Å². The number of rotatable bonds is 5. The van der Waals surface area contributed by atoms with Crippen LogP contribution in [0.15, 0.2) is 24.3 Å². The Hall–Kier alpha value is -2.04. The zero-order chi connectivity index (χ0) is 15.4. The molecule has 5 nitrogen and oxygen atoms in total. The summed E-state index contributed by atoms with van der Waals surface area (Å²) in [7, 11) is 1.61. The molecular formula is C16H22N2O3. The highest BCUT2D eigenvalue weighted by molar-refractivity contribution is 5.95. The van der Waals surface area contributed by atoms with E-state index in [0.717, 1.165) is 17.7 Å². The molecule has 2 atom stereocenters. The number of piperazine rings is 1. The number of methoxy groups -OCH3 is 1. The molecule has 0 aliphatic carbocycles. The van der Waals surface area contributed by atoms with E-state index in [0.29, 0.717) is 6.54 Å². The zero-order valence-electron chi connectivity index (χ0n) is 12.8. The largest absolute Gasteiger partial charge is 0.497 e. The van der Waals surface area contributed by atoms with E-state index >= 15 is 0 Å². The van der Waals surface area contributed by atoms with Crippen molar-refractivity contribution in [3.05, 3.63) is 29.8 Å². The summed E-state index contributed by atoms with van der Waals surface area (Å²) in [6.45, 7) is 4.54. The zero-order valence-corrected chi connectivity index (χ0v) is 12.8. The molecule has 0 radical (unpaired) electrons. The summed E-state index contributed by atoms with van der Waals surface area (Å²) < 4.78 is 5.20. The maximum Gasteiger partial charge on any atom is 0.243 e. The summed E-state index contributed by atoms with van der Waals surface area (Å²) in [6.07, 6.45) is 0.847. The van der Waals surface area contributed by atoms with Gasteiger partial charge in [0, 0.05) is 6.54 Å². The molecule has 0 aromatic heterocycles. The molecule has 0 spiro atoms. The fraction of sp³-hybridized carbons (Fsp3) is 0.500. The Bertz CT molecular complexity index is 530. The topological polar surface area (TPSA) is 58.6 Å². The Morgan fingerprint density at radius 1 is 1.43 bits per heavy atom. The summed E-state index contributed by atoms with van der Waals surface area (Å²) in [5.74, 6) is 0.774. The lowest BCUT2D eigenvalue weighted by atomic mass is 9.94. The van der Waals surface area contributed by atoms with Gasteiger partial charge in [-0.05, 0) is 23.6 Å². The SMILES string of the molecule is CCC(C)C1C(=O)NCC(=O)N1Cc1cccc(OC)c1. The predicted octanol–water partition coefficient (Wildman–Crippen LogP) is 1.57. The molecule has 1 aromatic rings. The van der Waals surface area contributed by atoms with Crippen molar-refractivity contribution in [3.8, 4) is 5.75 Å². The maximum atomic E-state index is 12.2. The van der Waals surface area contributed by atoms with Crippen LogP contribution in [0.1, 0.15) is 25.8 Å². The van der Waals surface area contributed by atoms with Crippen LogP contribution < -0.4 is 10.1 Å². The van der Waals surface area contributed by atoms with E-state index in [1.54, 1.807) is 12.0 Å². The Kier molecular flexibility index (Phi) is 4.83. The summed E-state index contributed by atoms with van der Waals surface area (Å²) in [5, 5.41) is 2.68. The quantitative estimate of drug-likeness (QED) is 0.895. The van der Waals surface area contributed by atoms with Crippen molar-refractivity contribution >= 4 is 11.8 Å². The maximum absolute atomic E-state index is 12.2. The van der Waals surface area contributed by atoms with Gasteiger partial charge in [-0.25, -0.2) is 0 Å². The van der Waals surface area contributed by atoms with E-state index in [1.807, 2.05) is 38.1 Å². The minimum absolute atomic E-state index is 0.0391. The van der Waals surface area contributed by atoms with Gasteiger partial charge in [0.15, 0.2) is 0 Å². The molecule has 0 bridgehead atoms. The molecule has 1 saturated heterocycles. The van der Waals surface area contributed by atoms with Crippen molar-refractivity contribution in [2.24, 2.45) is 5.92 Å². The first-order valence-electron chi connectivity index (χ1n) is 7.27. The summed E-state index contributed by atoms with van der Waals surface area (Å²) >= 11 is 0. The lowest BCUT2D eigenvalue weighted by Crippen LogP contribution is -2.60. The Morgan fingerprint density at radius 2 is 2.19 bits per heavy atom. The van der Waals surface area contributed by atoms with E-state index in [9.17, 15) is 9.59 Å². The molecule has 1 heterocycles. The molecule has 2 amide bonds. The van der Waals surface area contributed by atoms with Gasteiger partial charge in [-0.2, -0.15) is 0 Å². The molecule has 114 valence electrons. The van der Waals surface area contributed by atoms with Crippen LogP contribution in [0.3, 0.4) is 0 Å². The van der Waals surface area contributed by atoms with Crippen LogP contribution in [-0.4, -0.2) is 36.4 Å². The summed E-state index contributed by atoms with van der Waals surface area (Å²) in [6, 6.07) is 7.19. The molecule has 2 unspecified atom stereocenters. The Balaban J connectivity index is 2.24. The second kappa shape index (κ2) is 6.61. The van der Waals surface area contributed by atoms with Crippen LogP contribution >= 0.6 is 0 Å². The number of hydrogen-bond donors (Lipinski definition) is 1. The van der Waals surface area contributed by atoms with Gasteiger partial charge in [0.2, 0.25) is 11.8 Å². The fourth-order valence-electron chi connectivity index (χ4n) is 2.61. The van der Waals surface area contributed by atoms with Gasteiger partial charge in [0.25, 0.3) is 0 Å². The summed E-state index contributed by atoms with van der Waals surface area (Å²) in [5.41, 5.74) is 0.964. The third-order valence-corrected chi connectivity index (χ3v) is 4.01. The van der Waals surface area contributed by atoms with Gasteiger partial charge in [-0.3, -0.25) is 9.59 Å². The van der Waals surface area contributed by atoms with E-state index in [1.165, 1.54) is 0 Å². The first-order valence-corrected chi connectivity index (χ1v) is 7.27. The standard InChI is InChI=1S/C16H22N2O3/c1-4-11(2)15-16(20)17-9-14(19)18(15)10-12-6-5-7-13(8-12)21-3/h5-8,11,15H,4,9-10H2,1-3H3,(H,17,20). The van der Waals surface area contributed by atoms with E-state index < -0.39 is 6.04 Å². The van der Waals surface area contributed by atoms with Gasteiger partial charge in [-0.15, -0.1) is 0 Å². The van der Waals surface area contributed by atoms with E-state index in [-0.39, 0.29) is 24.3 Å². The number of amides is 2. The Labute approximate surface area is 125 Å². The minimum Gasteiger partial charge on any atom is -0.497 e. The van der Waals surface area contributed by atoms with Crippen LogP contribution in [0.2, 0.25) is 0 Å². The molecule has 1 fully saturated rings. The number of nitrogens with one attached hydrogen (secondary N) is 1. The highest BCUT2D eigenvalue weighted by Crippen LogP contribution is 2.22. The van der Waals surface area contributed by atoms with Crippen molar-refractivity contribution in [2.45, 2.75) is 32.9 Å². The number of carbonyl (C=O) groups is 2. The van der Waals surface area contributed by atoms with Crippen LogP contribution in [0, 0.1) is 5.92 Å². The molecule has 1 N–H and O–H groups in total. The van der Waals surface area contributed by atoms with Crippen molar-refractivity contribution < 1.29 is 14.3 Å². The number of carbonyl (C=O) groups excluding carboxylic acids is 2. The van der Waals surface area contributed by atoms with Crippen LogP contribution in [0.25, 0.3) is 0 Å². The van der Waals surface area contributed by atoms with Crippen molar-refractivity contribution in [1.82, 2.24) is 10.2 Å². The molecule has 2 rings (SSSR count). The highest BCUT2D eigenvalue weighted by Gasteiger charge is 2.37. The third kappa shape index (κ3) is 3.35. The fourth-order valence-corrected chi connectivity index (χ4v) is 2.61. The highest BCUT2D eigenvalue weighted by atomic mass is 16.5. The number of nitrogens with zero attached hydrogens (tertiary/aromatic N) is 1.